The van der Waals surface area contributed by atoms with Crippen molar-refractivity contribution < 1.29 is 34.0 Å². The Morgan fingerprint density at radius 2 is 1.47 bits per heavy atom. The number of carbonyl (C=O) groups is 2. The van der Waals surface area contributed by atoms with Crippen molar-refractivity contribution in [2.24, 2.45) is 0 Å². The number of hydrogen-bond donors (Lipinski definition) is 2. The molecule has 0 aromatic heterocycles. The van der Waals surface area contributed by atoms with Crippen LogP contribution in [-0.2, 0) is 9.59 Å². The molecule has 3 aromatic carbocycles. The Labute approximate surface area is 225 Å². The van der Waals surface area contributed by atoms with Gasteiger partial charge in [-0.25, -0.2) is 0 Å². The van der Waals surface area contributed by atoms with Gasteiger partial charge in [0.25, 0.3) is 11.7 Å². The lowest BCUT2D eigenvalue weighted by molar-refractivity contribution is -0.132. The van der Waals surface area contributed by atoms with Crippen molar-refractivity contribution >= 4 is 34.7 Å². The number of ketones is 1. The number of ether oxygens (including phenoxy) is 3. The summed E-state index contributed by atoms with van der Waals surface area (Å²) in [6, 6.07) is 14.7. The Morgan fingerprint density at radius 1 is 0.842 bits per heavy atom. The average molecular weight is 538 g/mol. The zero-order valence-electron chi connectivity index (χ0n) is 21.2. The number of aromatic hydroxyl groups is 1. The number of phenols is 1. The first-order valence-electron chi connectivity index (χ1n) is 12.2. The molecule has 1 heterocycles. The summed E-state index contributed by atoms with van der Waals surface area (Å²) in [5, 5.41) is 21.6. The number of aliphatic hydroxyl groups is 1. The number of halogens is 1. The maximum Gasteiger partial charge on any atom is 0.300 e. The highest BCUT2D eigenvalue weighted by Gasteiger charge is 2.47. The summed E-state index contributed by atoms with van der Waals surface area (Å²) in [5.41, 5.74) is 1.04. The van der Waals surface area contributed by atoms with Gasteiger partial charge < -0.3 is 24.4 Å². The summed E-state index contributed by atoms with van der Waals surface area (Å²) in [6.45, 7) is 6.60. The second-order valence-electron chi connectivity index (χ2n) is 8.34. The van der Waals surface area contributed by atoms with Crippen molar-refractivity contribution in [3.63, 3.8) is 0 Å². The normalized spacial score (nSPS) is 16.5. The molecule has 38 heavy (non-hydrogen) atoms. The van der Waals surface area contributed by atoms with E-state index in [1.807, 2.05) is 13.8 Å². The summed E-state index contributed by atoms with van der Waals surface area (Å²) in [6.07, 6.45) is 0. The van der Waals surface area contributed by atoms with E-state index in [9.17, 15) is 19.8 Å². The van der Waals surface area contributed by atoms with Gasteiger partial charge >= 0.3 is 0 Å². The molecule has 0 aliphatic carbocycles. The van der Waals surface area contributed by atoms with E-state index in [4.69, 9.17) is 25.8 Å². The van der Waals surface area contributed by atoms with Gasteiger partial charge in [-0.15, -0.1) is 0 Å². The fourth-order valence-electron chi connectivity index (χ4n) is 4.33. The number of rotatable bonds is 9. The quantitative estimate of drug-likeness (QED) is 0.200. The molecular formula is C29H28ClNO7. The van der Waals surface area contributed by atoms with Gasteiger partial charge in [0.2, 0.25) is 0 Å². The van der Waals surface area contributed by atoms with Gasteiger partial charge in [-0.2, -0.15) is 0 Å². The first kappa shape index (κ1) is 26.9. The van der Waals surface area contributed by atoms with Crippen LogP contribution in [0.5, 0.6) is 23.0 Å². The number of anilines is 1. The molecule has 1 aliphatic heterocycles. The molecule has 1 unspecified atom stereocenters. The predicted octanol–water partition coefficient (Wildman–Crippen LogP) is 5.87. The topological polar surface area (TPSA) is 106 Å². The Bertz CT molecular complexity index is 1380. The molecular weight excluding hydrogens is 510 g/mol. The van der Waals surface area contributed by atoms with E-state index in [-0.39, 0.29) is 22.6 Å². The standard InChI is InChI=1S/C29H28ClNO7/c1-4-36-22-14-10-19(16-24(22)38-6-3)31-26(17-7-11-20(32)12-8-17)25(28(34)29(31)35)27(33)18-9-13-21(30)23(15-18)37-5-2/h7-16,26,32-33H,4-6H2,1-3H3/b27-25+. The lowest BCUT2D eigenvalue weighted by Crippen LogP contribution is -2.29. The Balaban J connectivity index is 1.91. The molecule has 9 heteroatoms. The summed E-state index contributed by atoms with van der Waals surface area (Å²) < 4.78 is 16.9. The molecule has 1 atom stereocenters. The monoisotopic (exact) mass is 537 g/mol. The lowest BCUT2D eigenvalue weighted by atomic mass is 9.95. The molecule has 0 radical (unpaired) electrons. The minimum absolute atomic E-state index is 0.0180. The summed E-state index contributed by atoms with van der Waals surface area (Å²) in [5.74, 6) is -0.795. The maximum absolute atomic E-state index is 13.5. The Hall–Kier alpha value is -4.17. The number of aliphatic hydroxyl groups excluding tert-OH is 1. The first-order chi connectivity index (χ1) is 18.3. The second kappa shape index (κ2) is 11.5. The van der Waals surface area contributed by atoms with Gasteiger partial charge in [0.05, 0.1) is 36.5 Å². The van der Waals surface area contributed by atoms with Gasteiger partial charge in [0.1, 0.15) is 17.3 Å². The predicted molar refractivity (Wildman–Crippen MR) is 144 cm³/mol. The first-order valence-corrected chi connectivity index (χ1v) is 12.6. The zero-order valence-corrected chi connectivity index (χ0v) is 22.0. The van der Waals surface area contributed by atoms with E-state index >= 15 is 0 Å². The van der Waals surface area contributed by atoms with Crippen LogP contribution in [0.2, 0.25) is 5.02 Å². The van der Waals surface area contributed by atoms with Crippen LogP contribution in [0, 0.1) is 0 Å². The molecule has 1 saturated heterocycles. The highest BCUT2D eigenvalue weighted by Crippen LogP contribution is 2.45. The van der Waals surface area contributed by atoms with Crippen molar-refractivity contribution in [1.29, 1.82) is 0 Å². The lowest BCUT2D eigenvalue weighted by Gasteiger charge is -2.26. The molecule has 8 nitrogen and oxygen atoms in total. The van der Waals surface area contributed by atoms with E-state index in [1.54, 1.807) is 49.4 Å². The Morgan fingerprint density at radius 3 is 2.13 bits per heavy atom. The van der Waals surface area contributed by atoms with Crippen LogP contribution >= 0.6 is 11.6 Å². The van der Waals surface area contributed by atoms with Crippen molar-refractivity contribution in [1.82, 2.24) is 0 Å². The third kappa shape index (κ3) is 5.13. The van der Waals surface area contributed by atoms with E-state index < -0.39 is 17.7 Å². The molecule has 0 saturated carbocycles. The molecule has 3 aromatic rings. The van der Waals surface area contributed by atoms with Crippen molar-refractivity contribution in [3.05, 3.63) is 82.4 Å². The molecule has 198 valence electrons. The van der Waals surface area contributed by atoms with Gasteiger partial charge in [0.15, 0.2) is 11.5 Å². The largest absolute Gasteiger partial charge is 0.508 e. The van der Waals surface area contributed by atoms with Crippen LogP contribution in [0.15, 0.2) is 66.2 Å². The van der Waals surface area contributed by atoms with Crippen LogP contribution in [0.4, 0.5) is 5.69 Å². The van der Waals surface area contributed by atoms with Crippen LogP contribution in [0.1, 0.15) is 37.9 Å². The molecule has 1 amide bonds. The Kier molecular flexibility index (Phi) is 8.12. The SMILES string of the molecule is CCOc1cc(/C(O)=C2\C(=O)C(=O)N(c3ccc(OCC)c(OCC)c3)C2c2ccc(O)cc2)ccc1Cl. The van der Waals surface area contributed by atoms with E-state index in [2.05, 4.69) is 0 Å². The fourth-order valence-corrected chi connectivity index (χ4v) is 4.50. The third-order valence-electron chi connectivity index (χ3n) is 5.96. The van der Waals surface area contributed by atoms with Crippen LogP contribution in [-0.4, -0.2) is 41.7 Å². The third-order valence-corrected chi connectivity index (χ3v) is 6.28. The van der Waals surface area contributed by atoms with Gasteiger partial charge in [-0.1, -0.05) is 23.7 Å². The van der Waals surface area contributed by atoms with Crippen molar-refractivity contribution in [2.45, 2.75) is 26.8 Å². The van der Waals surface area contributed by atoms with Gasteiger partial charge in [0, 0.05) is 17.3 Å². The van der Waals surface area contributed by atoms with Crippen molar-refractivity contribution in [3.8, 4) is 23.0 Å². The molecule has 4 rings (SSSR count). The van der Waals surface area contributed by atoms with Crippen LogP contribution in [0.3, 0.4) is 0 Å². The number of benzene rings is 3. The summed E-state index contributed by atoms with van der Waals surface area (Å²) >= 11 is 6.21. The summed E-state index contributed by atoms with van der Waals surface area (Å²) in [4.78, 5) is 28.2. The number of carbonyl (C=O) groups excluding carboxylic acids is 2. The molecule has 2 N–H and O–H groups in total. The van der Waals surface area contributed by atoms with Gasteiger partial charge in [-0.3, -0.25) is 14.5 Å². The fraction of sp³-hybridized carbons (Fsp3) is 0.241. The van der Waals surface area contributed by atoms with E-state index in [0.29, 0.717) is 53.3 Å². The van der Waals surface area contributed by atoms with Gasteiger partial charge in [-0.05, 0) is 68.8 Å². The minimum Gasteiger partial charge on any atom is -0.508 e. The molecule has 0 bridgehead atoms. The maximum atomic E-state index is 13.5. The average Bonchev–Trinajstić information content (AvgIpc) is 3.17. The second-order valence-corrected chi connectivity index (χ2v) is 8.74. The number of phenolic OH excluding ortho intramolecular Hbond substituents is 1. The zero-order chi connectivity index (χ0) is 27.4. The van der Waals surface area contributed by atoms with E-state index in [0.717, 1.165) is 0 Å². The smallest absolute Gasteiger partial charge is 0.300 e. The number of hydrogen-bond acceptors (Lipinski definition) is 7. The minimum atomic E-state index is -0.991. The molecule has 0 spiro atoms. The van der Waals surface area contributed by atoms with Crippen molar-refractivity contribution in [2.75, 3.05) is 24.7 Å². The van der Waals surface area contributed by atoms with Crippen LogP contribution < -0.4 is 19.1 Å². The highest BCUT2D eigenvalue weighted by atomic mass is 35.5. The molecule has 1 fully saturated rings. The molecule has 1 aliphatic rings. The van der Waals surface area contributed by atoms with Crippen LogP contribution in [0.25, 0.3) is 5.76 Å². The number of Topliss-reactive ketones (excluding diaryl/α,β-unsaturated/α-hetero) is 1. The summed E-state index contributed by atoms with van der Waals surface area (Å²) in [7, 11) is 0. The number of nitrogens with zero attached hydrogens (tertiary/aromatic N) is 1. The van der Waals surface area contributed by atoms with E-state index in [1.165, 1.54) is 23.1 Å². The highest BCUT2D eigenvalue weighted by molar-refractivity contribution is 6.51. The number of amides is 1.